The maximum Gasteiger partial charge on any atom is 0.221 e. The molecule has 0 unspecified atom stereocenters. The molecule has 2 nitrogen and oxygen atoms in total. The van der Waals surface area contributed by atoms with Crippen molar-refractivity contribution in [2.45, 2.75) is 38.6 Å². The topological polar surface area (TPSA) is 29.1 Å². The molecule has 2 heteroatoms. The number of amides is 1. The Labute approximate surface area is 131 Å². The van der Waals surface area contributed by atoms with Crippen molar-refractivity contribution in [1.29, 1.82) is 0 Å². The van der Waals surface area contributed by atoms with Gasteiger partial charge in [0.05, 0.1) is 6.04 Å². The van der Waals surface area contributed by atoms with Crippen LogP contribution < -0.4 is 5.32 Å². The first-order valence-corrected chi connectivity index (χ1v) is 8.29. The summed E-state index contributed by atoms with van der Waals surface area (Å²) in [5.41, 5.74) is 4.08. The van der Waals surface area contributed by atoms with Crippen LogP contribution in [0.25, 0.3) is 16.3 Å². The molecule has 1 N–H and O–H groups in total. The maximum atomic E-state index is 11.9. The second-order valence-electron chi connectivity index (χ2n) is 6.50. The van der Waals surface area contributed by atoms with Crippen molar-refractivity contribution in [2.24, 2.45) is 5.92 Å². The normalized spacial score (nSPS) is 23.0. The van der Waals surface area contributed by atoms with E-state index in [0.29, 0.717) is 12.3 Å². The first-order valence-electron chi connectivity index (χ1n) is 8.29. The van der Waals surface area contributed by atoms with Crippen molar-refractivity contribution in [3.63, 3.8) is 0 Å². The molecule has 1 saturated heterocycles. The lowest BCUT2D eigenvalue weighted by Crippen LogP contribution is -2.23. The molecule has 4 rings (SSSR count). The minimum atomic E-state index is 0.164. The van der Waals surface area contributed by atoms with Crippen molar-refractivity contribution in [1.82, 2.24) is 5.32 Å². The Morgan fingerprint density at radius 2 is 1.95 bits per heavy atom. The molecular weight excluding hydrogens is 270 g/mol. The van der Waals surface area contributed by atoms with Crippen LogP contribution in [-0.4, -0.2) is 5.91 Å². The number of nitrogens with one attached hydrogen (secondary N) is 1. The summed E-state index contributed by atoms with van der Waals surface area (Å²) in [6, 6.07) is 13.3. The van der Waals surface area contributed by atoms with Gasteiger partial charge in [0.25, 0.3) is 0 Å². The molecule has 2 atom stereocenters. The highest BCUT2D eigenvalue weighted by atomic mass is 16.2. The van der Waals surface area contributed by atoms with Crippen LogP contribution in [0.1, 0.15) is 49.8 Å². The fourth-order valence-corrected chi connectivity index (χ4v) is 3.86. The van der Waals surface area contributed by atoms with E-state index in [-0.39, 0.29) is 11.9 Å². The Bertz CT molecular complexity index is 774. The van der Waals surface area contributed by atoms with Crippen molar-refractivity contribution in [3.05, 3.63) is 53.6 Å². The second kappa shape index (κ2) is 5.28. The first kappa shape index (κ1) is 13.6. The second-order valence-corrected chi connectivity index (χ2v) is 6.50. The lowest BCUT2D eigenvalue weighted by atomic mass is 9.79. The van der Waals surface area contributed by atoms with Gasteiger partial charge in [-0.05, 0) is 52.4 Å². The van der Waals surface area contributed by atoms with Gasteiger partial charge >= 0.3 is 0 Å². The molecule has 0 saturated carbocycles. The largest absolute Gasteiger partial charge is 0.349 e. The average Bonchev–Trinajstić information content (AvgIpc) is 2.91. The Balaban J connectivity index is 1.88. The number of rotatable bonds is 3. The molecule has 0 aromatic heterocycles. The van der Waals surface area contributed by atoms with Crippen molar-refractivity contribution in [3.8, 4) is 0 Å². The third-order valence-corrected chi connectivity index (χ3v) is 4.98. The quantitative estimate of drug-likeness (QED) is 0.879. The summed E-state index contributed by atoms with van der Waals surface area (Å²) < 4.78 is 0. The number of fused-ring (bicyclic) bond motifs is 4. The van der Waals surface area contributed by atoms with Crippen LogP contribution in [0, 0.1) is 5.92 Å². The summed E-state index contributed by atoms with van der Waals surface area (Å²) >= 11 is 0. The van der Waals surface area contributed by atoms with Gasteiger partial charge < -0.3 is 5.32 Å². The van der Waals surface area contributed by atoms with Crippen molar-refractivity contribution >= 4 is 22.3 Å². The molecule has 1 fully saturated rings. The van der Waals surface area contributed by atoms with Crippen molar-refractivity contribution in [2.75, 3.05) is 0 Å². The number of benzene rings is 2. The minimum Gasteiger partial charge on any atom is -0.349 e. The molecule has 2 aliphatic rings. The molecule has 0 radical (unpaired) electrons. The van der Waals surface area contributed by atoms with E-state index in [9.17, 15) is 4.79 Å². The average molecular weight is 291 g/mol. The summed E-state index contributed by atoms with van der Waals surface area (Å²) in [6.07, 6.45) is 6.50. The van der Waals surface area contributed by atoms with Gasteiger partial charge in [0.2, 0.25) is 5.91 Å². The molecule has 2 aromatic rings. The van der Waals surface area contributed by atoms with Crippen molar-refractivity contribution < 1.29 is 4.79 Å². The zero-order valence-corrected chi connectivity index (χ0v) is 12.9. The number of unbranched alkanes of at least 4 members (excludes halogenated alkanes) is 1. The van der Waals surface area contributed by atoms with Crippen LogP contribution in [0.15, 0.2) is 42.5 Å². The Hall–Kier alpha value is -2.09. The summed E-state index contributed by atoms with van der Waals surface area (Å²) in [4.78, 5) is 11.9. The maximum absolute atomic E-state index is 11.9. The SMILES string of the molecule is CCCCC1=C[C@@H]2CC(=O)N[C@@H]2c2cc3ccccc3cc21. The highest BCUT2D eigenvalue weighted by molar-refractivity contribution is 5.90. The molecule has 112 valence electrons. The van der Waals surface area contributed by atoms with Gasteiger partial charge in [0, 0.05) is 12.3 Å². The fourth-order valence-electron chi connectivity index (χ4n) is 3.86. The van der Waals surface area contributed by atoms with E-state index in [0.717, 1.165) is 6.42 Å². The molecular formula is C20H21NO. The van der Waals surface area contributed by atoms with Crippen LogP contribution >= 0.6 is 0 Å². The van der Waals surface area contributed by atoms with Gasteiger partial charge in [-0.15, -0.1) is 0 Å². The predicted molar refractivity (Wildman–Crippen MR) is 90.4 cm³/mol. The van der Waals surface area contributed by atoms with Crippen LogP contribution in [0.3, 0.4) is 0 Å². The first-order chi connectivity index (χ1) is 10.8. The van der Waals surface area contributed by atoms with E-state index in [1.807, 2.05) is 0 Å². The Kier molecular flexibility index (Phi) is 3.25. The zero-order valence-electron chi connectivity index (χ0n) is 12.9. The Morgan fingerprint density at radius 3 is 2.73 bits per heavy atom. The summed E-state index contributed by atoms with van der Waals surface area (Å²) in [7, 11) is 0. The number of carbonyl (C=O) groups excluding carboxylic acids is 1. The predicted octanol–water partition coefficient (Wildman–Crippen LogP) is 4.60. The van der Waals surface area contributed by atoms with E-state index in [1.165, 1.54) is 40.3 Å². The lowest BCUT2D eigenvalue weighted by Gasteiger charge is -2.28. The summed E-state index contributed by atoms with van der Waals surface area (Å²) in [6.45, 7) is 2.23. The van der Waals surface area contributed by atoms with Crippen LogP contribution in [0.5, 0.6) is 0 Å². The van der Waals surface area contributed by atoms with Gasteiger partial charge in [-0.3, -0.25) is 4.79 Å². The molecule has 22 heavy (non-hydrogen) atoms. The monoisotopic (exact) mass is 291 g/mol. The van der Waals surface area contributed by atoms with Gasteiger partial charge in [-0.2, -0.15) is 0 Å². The van der Waals surface area contributed by atoms with E-state index >= 15 is 0 Å². The van der Waals surface area contributed by atoms with Crippen LogP contribution in [0.4, 0.5) is 0 Å². The highest BCUT2D eigenvalue weighted by Crippen LogP contribution is 2.44. The van der Waals surface area contributed by atoms with E-state index in [2.05, 4.69) is 54.7 Å². The smallest absolute Gasteiger partial charge is 0.221 e. The molecule has 1 aliphatic carbocycles. The molecule has 1 heterocycles. The number of hydrogen-bond acceptors (Lipinski definition) is 1. The molecule has 2 aromatic carbocycles. The summed E-state index contributed by atoms with van der Waals surface area (Å²) in [5.74, 6) is 0.509. The number of hydrogen-bond donors (Lipinski definition) is 1. The summed E-state index contributed by atoms with van der Waals surface area (Å²) in [5, 5.41) is 5.72. The third-order valence-electron chi connectivity index (χ3n) is 4.98. The fraction of sp³-hybridized carbons (Fsp3) is 0.350. The van der Waals surface area contributed by atoms with Crippen LogP contribution in [-0.2, 0) is 4.79 Å². The zero-order chi connectivity index (χ0) is 15.1. The lowest BCUT2D eigenvalue weighted by molar-refractivity contribution is -0.119. The molecule has 0 bridgehead atoms. The van der Waals surface area contributed by atoms with Gasteiger partial charge in [-0.25, -0.2) is 0 Å². The molecule has 0 spiro atoms. The van der Waals surface area contributed by atoms with Gasteiger partial charge in [0.15, 0.2) is 0 Å². The van der Waals surface area contributed by atoms with E-state index < -0.39 is 0 Å². The van der Waals surface area contributed by atoms with E-state index in [4.69, 9.17) is 0 Å². The van der Waals surface area contributed by atoms with Gasteiger partial charge in [-0.1, -0.05) is 43.7 Å². The molecule has 1 aliphatic heterocycles. The minimum absolute atomic E-state index is 0.164. The number of carbonyl (C=O) groups is 1. The Morgan fingerprint density at radius 1 is 1.18 bits per heavy atom. The highest BCUT2D eigenvalue weighted by Gasteiger charge is 2.36. The third kappa shape index (κ3) is 2.14. The standard InChI is InChI=1S/C20H21NO/c1-2-3-6-15-9-16-12-19(22)21-20(16)18-11-14-8-5-4-7-13(14)10-17(15)18/h4-5,7-11,16,20H,2-3,6,12H2,1H3,(H,21,22)/t16-,20+/m1/s1. The number of allylic oxidation sites excluding steroid dienone is 1. The van der Waals surface area contributed by atoms with Gasteiger partial charge in [0.1, 0.15) is 0 Å². The van der Waals surface area contributed by atoms with Crippen LogP contribution in [0.2, 0.25) is 0 Å². The molecule has 1 amide bonds. The van der Waals surface area contributed by atoms with E-state index in [1.54, 1.807) is 0 Å².